The standard InChI is InChI=1S/C42H53ClN4O10/c1-52-35(53-2)22-55-33-14-13-29-34(19-31(23-11-12-23)44-37(29)36(33)43)56-28-18-32-38(48)46-42(40(50)54-3)20-26(42)9-7-5-4-6-8-10-30(39(49)47(32)21-28)45-41(51)57-27-16-24-15-25(24)17-27/h7,9,13-14,19,23-28,30,32,35H,4-6,8,10-12,15-18,20-22H2,1-3H3,(H,45,51)(H,46,48)/t24?,25?,26-,27?,28-,30+,32+,42-/m1/s1. The van der Waals surface area contributed by atoms with Gasteiger partial charge in [-0.2, -0.15) is 0 Å². The van der Waals surface area contributed by atoms with Crippen molar-refractivity contribution in [2.24, 2.45) is 17.8 Å². The molecule has 2 aliphatic heterocycles. The number of benzene rings is 1. The molecule has 6 aliphatic rings. The van der Waals surface area contributed by atoms with Gasteiger partial charge < -0.3 is 44.0 Å². The largest absolute Gasteiger partial charge is 0.488 e. The molecule has 7 atom stereocenters. The fraction of sp³-hybridized carbons (Fsp3) is 0.643. The third kappa shape index (κ3) is 8.54. The molecule has 2 aromatic rings. The summed E-state index contributed by atoms with van der Waals surface area (Å²) in [5.41, 5.74) is 0.125. The van der Waals surface area contributed by atoms with Gasteiger partial charge in [0, 0.05) is 49.6 Å². The van der Waals surface area contributed by atoms with Crippen molar-refractivity contribution < 1.29 is 47.6 Å². The number of carbonyl (C=O) groups is 4. The number of halogens is 1. The molecule has 5 fully saturated rings. The Balaban J connectivity index is 1.07. The zero-order valence-electron chi connectivity index (χ0n) is 32.8. The van der Waals surface area contributed by atoms with Gasteiger partial charge in [0.25, 0.3) is 0 Å². The van der Waals surface area contributed by atoms with Crippen LogP contribution in [-0.4, -0.2) is 104 Å². The molecule has 14 nitrogen and oxygen atoms in total. The van der Waals surface area contributed by atoms with Crippen LogP contribution in [0.2, 0.25) is 5.02 Å². The highest BCUT2D eigenvalue weighted by Gasteiger charge is 2.62. The molecule has 57 heavy (non-hydrogen) atoms. The first-order valence-electron chi connectivity index (χ1n) is 20.4. The molecule has 3 amide bonds. The van der Waals surface area contributed by atoms with E-state index >= 15 is 0 Å². The number of pyridine rings is 1. The Morgan fingerprint density at radius 3 is 2.53 bits per heavy atom. The summed E-state index contributed by atoms with van der Waals surface area (Å²) in [6.07, 6.45) is 11.1. The van der Waals surface area contributed by atoms with Crippen LogP contribution in [0.15, 0.2) is 30.4 Å². The van der Waals surface area contributed by atoms with Crippen molar-refractivity contribution in [1.29, 1.82) is 0 Å². The number of rotatable bonds is 11. The van der Waals surface area contributed by atoms with Crippen LogP contribution >= 0.6 is 11.6 Å². The molecule has 1 aromatic heterocycles. The molecule has 308 valence electrons. The molecule has 1 aromatic carbocycles. The molecule has 0 radical (unpaired) electrons. The second-order valence-corrected chi connectivity index (χ2v) is 16.9. The summed E-state index contributed by atoms with van der Waals surface area (Å²) in [7, 11) is 4.36. The highest BCUT2D eigenvalue weighted by molar-refractivity contribution is 6.36. The van der Waals surface area contributed by atoms with Gasteiger partial charge in [0.05, 0.1) is 19.2 Å². The molecule has 4 saturated carbocycles. The van der Waals surface area contributed by atoms with Gasteiger partial charge in [0.1, 0.15) is 53.0 Å². The number of amides is 3. The number of allylic oxidation sites excluding steroid dienone is 1. The van der Waals surface area contributed by atoms with Gasteiger partial charge >= 0.3 is 12.1 Å². The van der Waals surface area contributed by atoms with E-state index in [1.165, 1.54) is 32.7 Å². The zero-order chi connectivity index (χ0) is 39.8. The minimum atomic E-state index is -1.22. The van der Waals surface area contributed by atoms with E-state index in [0.29, 0.717) is 58.5 Å². The minimum absolute atomic E-state index is 0.0671. The number of nitrogens with zero attached hydrogens (tertiary/aromatic N) is 2. The third-order valence-electron chi connectivity index (χ3n) is 12.6. The molecular weight excluding hydrogens is 756 g/mol. The molecule has 4 aliphatic carbocycles. The second kappa shape index (κ2) is 16.6. The van der Waals surface area contributed by atoms with E-state index in [-0.39, 0.29) is 37.5 Å². The number of nitrogens with one attached hydrogen (secondary N) is 2. The third-order valence-corrected chi connectivity index (χ3v) is 13.0. The highest BCUT2D eigenvalue weighted by Crippen LogP contribution is 2.52. The van der Waals surface area contributed by atoms with E-state index in [1.807, 2.05) is 24.3 Å². The number of carbonyl (C=O) groups excluding carboxylic acids is 4. The average molecular weight is 809 g/mol. The number of methoxy groups -OCH3 is 3. The Bertz CT molecular complexity index is 1890. The topological polar surface area (TPSA) is 164 Å². The first-order valence-corrected chi connectivity index (χ1v) is 20.8. The normalized spacial score (nSPS) is 31.0. The quantitative estimate of drug-likeness (QED) is 0.166. The lowest BCUT2D eigenvalue weighted by Gasteiger charge is -2.29. The van der Waals surface area contributed by atoms with Crippen molar-refractivity contribution in [3.8, 4) is 11.5 Å². The van der Waals surface area contributed by atoms with E-state index in [0.717, 1.165) is 50.6 Å². The fourth-order valence-electron chi connectivity index (χ4n) is 8.99. The van der Waals surface area contributed by atoms with Crippen LogP contribution in [0, 0.1) is 17.8 Å². The molecule has 0 bridgehead atoms. The van der Waals surface area contributed by atoms with E-state index in [9.17, 15) is 19.2 Å². The summed E-state index contributed by atoms with van der Waals surface area (Å²) >= 11 is 6.93. The summed E-state index contributed by atoms with van der Waals surface area (Å²) in [6.45, 7) is 0.181. The number of aromatic nitrogens is 1. The maximum Gasteiger partial charge on any atom is 0.408 e. The van der Waals surface area contributed by atoms with Crippen LogP contribution in [0.5, 0.6) is 11.5 Å². The number of hydrogen-bond acceptors (Lipinski definition) is 11. The highest BCUT2D eigenvalue weighted by atomic mass is 35.5. The molecule has 0 spiro atoms. The maximum atomic E-state index is 14.7. The van der Waals surface area contributed by atoms with Gasteiger partial charge in [-0.05, 0) is 81.8 Å². The Kier molecular flexibility index (Phi) is 11.6. The van der Waals surface area contributed by atoms with Gasteiger partial charge in [-0.25, -0.2) is 9.59 Å². The van der Waals surface area contributed by atoms with Crippen molar-refractivity contribution in [3.05, 3.63) is 41.1 Å². The molecule has 1 saturated heterocycles. The summed E-state index contributed by atoms with van der Waals surface area (Å²) < 4.78 is 34.2. The Morgan fingerprint density at radius 1 is 1.00 bits per heavy atom. The summed E-state index contributed by atoms with van der Waals surface area (Å²) in [5.74, 6) is 0.830. The Morgan fingerprint density at radius 2 is 1.79 bits per heavy atom. The summed E-state index contributed by atoms with van der Waals surface area (Å²) in [5, 5.41) is 6.84. The average Bonchev–Trinajstić information content (AvgIpc) is 4.17. The smallest absolute Gasteiger partial charge is 0.408 e. The lowest BCUT2D eigenvalue weighted by molar-refractivity contribution is -0.148. The van der Waals surface area contributed by atoms with E-state index in [4.69, 9.17) is 45.0 Å². The van der Waals surface area contributed by atoms with Crippen LogP contribution in [0.3, 0.4) is 0 Å². The molecule has 3 heterocycles. The maximum absolute atomic E-state index is 14.7. The summed E-state index contributed by atoms with van der Waals surface area (Å²) in [4.78, 5) is 61.9. The van der Waals surface area contributed by atoms with Crippen molar-refractivity contribution >= 4 is 46.4 Å². The number of fused-ring (bicyclic) bond motifs is 4. The van der Waals surface area contributed by atoms with Gasteiger partial charge in [-0.3, -0.25) is 14.6 Å². The van der Waals surface area contributed by atoms with E-state index in [1.54, 1.807) is 6.07 Å². The van der Waals surface area contributed by atoms with Crippen molar-refractivity contribution in [2.45, 2.75) is 119 Å². The predicted molar refractivity (Wildman–Crippen MR) is 208 cm³/mol. The van der Waals surface area contributed by atoms with Gasteiger partial charge in [-0.1, -0.05) is 36.6 Å². The molecular formula is C42H53ClN4O10. The second-order valence-electron chi connectivity index (χ2n) is 16.6. The van der Waals surface area contributed by atoms with Crippen LogP contribution in [-0.2, 0) is 33.3 Å². The van der Waals surface area contributed by atoms with Gasteiger partial charge in [0.15, 0.2) is 6.29 Å². The van der Waals surface area contributed by atoms with Gasteiger partial charge in [-0.15, -0.1) is 0 Å². The first-order chi connectivity index (χ1) is 27.6. The molecule has 15 heteroatoms. The van der Waals surface area contributed by atoms with Gasteiger partial charge in [0.2, 0.25) is 11.8 Å². The van der Waals surface area contributed by atoms with Crippen LogP contribution in [0.4, 0.5) is 4.79 Å². The minimum Gasteiger partial charge on any atom is -0.488 e. The number of hydrogen-bond donors (Lipinski definition) is 2. The van der Waals surface area contributed by atoms with E-state index in [2.05, 4.69) is 10.6 Å². The zero-order valence-corrected chi connectivity index (χ0v) is 33.6. The first kappa shape index (κ1) is 39.7. The Hall–Kier alpha value is -4.14. The SMILES string of the molecule is COC(=O)[C@@]12C[C@H]1C=CCCCCC[C@H](NC(=O)OC1CC3CC3C1)C(=O)N1C[C@H](Oc3cc(C4CC4)nc4c(Cl)c(OCC(OC)OC)ccc34)C[C@H]1C(=O)N2. The summed E-state index contributed by atoms with van der Waals surface area (Å²) in [6, 6.07) is 3.58. The predicted octanol–water partition coefficient (Wildman–Crippen LogP) is 5.57. The monoisotopic (exact) mass is 808 g/mol. The van der Waals surface area contributed by atoms with Crippen molar-refractivity contribution in [3.63, 3.8) is 0 Å². The van der Waals surface area contributed by atoms with Crippen LogP contribution < -0.4 is 20.1 Å². The molecule has 8 rings (SSSR count). The number of alkyl carbamates (subject to hydrolysis) is 1. The number of esters is 1. The van der Waals surface area contributed by atoms with Crippen LogP contribution in [0.1, 0.15) is 88.7 Å². The lowest BCUT2D eigenvalue weighted by Crippen LogP contribution is -2.56. The fourth-order valence-corrected chi connectivity index (χ4v) is 9.25. The number of ether oxygens (including phenoxy) is 6. The van der Waals surface area contributed by atoms with E-state index < -0.39 is 53.9 Å². The van der Waals surface area contributed by atoms with Crippen LogP contribution in [0.25, 0.3) is 10.9 Å². The van der Waals surface area contributed by atoms with Crippen molar-refractivity contribution in [1.82, 2.24) is 20.5 Å². The molecule has 2 N–H and O–H groups in total. The molecule has 2 unspecified atom stereocenters. The Labute approximate surface area is 337 Å². The lowest BCUT2D eigenvalue weighted by atomic mass is 10.0. The van der Waals surface area contributed by atoms with Crippen molar-refractivity contribution in [2.75, 3.05) is 34.5 Å².